The predicted octanol–water partition coefficient (Wildman–Crippen LogP) is 4.63. The summed E-state index contributed by atoms with van der Waals surface area (Å²) in [7, 11) is 0. The van der Waals surface area contributed by atoms with E-state index in [0.717, 1.165) is 10.0 Å². The standard InChI is InChI=1S/C22H18BrN3O4/c23-19-11-9-16(10-12-19)15-30-21-8-4-2-6-18(21)14-24-25-22(27)13-17-5-1-3-7-20(17)26(28)29/h1-12,14H,13,15H2,(H,25,27)/b24-14+. The molecular weight excluding hydrogens is 450 g/mol. The van der Waals surface area contributed by atoms with Crippen LogP contribution in [0.5, 0.6) is 5.75 Å². The molecule has 0 saturated heterocycles. The summed E-state index contributed by atoms with van der Waals surface area (Å²) >= 11 is 3.40. The van der Waals surface area contributed by atoms with Crippen LogP contribution in [-0.2, 0) is 17.8 Å². The van der Waals surface area contributed by atoms with E-state index in [-0.39, 0.29) is 12.1 Å². The second-order valence-corrected chi connectivity index (χ2v) is 7.22. The van der Waals surface area contributed by atoms with Gasteiger partial charge in [-0.15, -0.1) is 0 Å². The molecule has 0 bridgehead atoms. The quantitative estimate of drug-likeness (QED) is 0.296. The Labute approximate surface area is 181 Å². The van der Waals surface area contributed by atoms with Crippen LogP contribution in [0.15, 0.2) is 82.4 Å². The summed E-state index contributed by atoms with van der Waals surface area (Å²) in [5, 5.41) is 15.0. The monoisotopic (exact) mass is 467 g/mol. The topological polar surface area (TPSA) is 93.8 Å². The van der Waals surface area contributed by atoms with Gasteiger partial charge < -0.3 is 4.74 Å². The number of para-hydroxylation sites is 2. The molecule has 0 heterocycles. The van der Waals surface area contributed by atoms with Gasteiger partial charge in [-0.2, -0.15) is 5.10 Å². The van der Waals surface area contributed by atoms with Crippen LogP contribution in [0, 0.1) is 10.1 Å². The van der Waals surface area contributed by atoms with E-state index in [2.05, 4.69) is 26.5 Å². The number of benzene rings is 3. The van der Waals surface area contributed by atoms with Crippen LogP contribution < -0.4 is 10.2 Å². The molecule has 0 radical (unpaired) electrons. The van der Waals surface area contributed by atoms with Gasteiger partial charge in [0.1, 0.15) is 12.4 Å². The smallest absolute Gasteiger partial charge is 0.273 e. The maximum atomic E-state index is 12.1. The van der Waals surface area contributed by atoms with Crippen LogP contribution in [0.3, 0.4) is 0 Å². The van der Waals surface area contributed by atoms with Crippen molar-refractivity contribution in [2.75, 3.05) is 0 Å². The molecule has 0 fully saturated rings. The third-order valence-corrected chi connectivity index (χ3v) is 4.69. The number of rotatable bonds is 8. The summed E-state index contributed by atoms with van der Waals surface area (Å²) in [5.74, 6) is 0.172. The van der Waals surface area contributed by atoms with Gasteiger partial charge in [0.05, 0.1) is 17.6 Å². The predicted molar refractivity (Wildman–Crippen MR) is 117 cm³/mol. The molecule has 152 valence electrons. The summed E-state index contributed by atoms with van der Waals surface area (Å²) in [6, 6.07) is 21.2. The SMILES string of the molecule is O=C(Cc1ccccc1[N+](=O)[O-])N/N=C/c1ccccc1OCc1ccc(Br)cc1. The Morgan fingerprint density at radius 1 is 1.07 bits per heavy atom. The Hall–Kier alpha value is -3.52. The maximum absolute atomic E-state index is 12.1. The van der Waals surface area contributed by atoms with Crippen molar-refractivity contribution in [3.8, 4) is 5.75 Å². The molecule has 0 aromatic heterocycles. The van der Waals surface area contributed by atoms with Gasteiger partial charge in [0.15, 0.2) is 0 Å². The Kier molecular flexibility index (Phi) is 7.29. The van der Waals surface area contributed by atoms with E-state index >= 15 is 0 Å². The molecular formula is C22H18BrN3O4. The molecule has 0 unspecified atom stereocenters. The van der Waals surface area contributed by atoms with Crippen molar-refractivity contribution in [1.82, 2.24) is 5.43 Å². The normalized spacial score (nSPS) is 10.7. The summed E-state index contributed by atoms with van der Waals surface area (Å²) < 4.78 is 6.86. The maximum Gasteiger partial charge on any atom is 0.273 e. The zero-order valence-electron chi connectivity index (χ0n) is 15.8. The Balaban J connectivity index is 1.60. The van der Waals surface area contributed by atoms with E-state index in [0.29, 0.717) is 23.5 Å². The Bertz CT molecular complexity index is 1070. The van der Waals surface area contributed by atoms with E-state index in [9.17, 15) is 14.9 Å². The van der Waals surface area contributed by atoms with Crippen molar-refractivity contribution in [2.45, 2.75) is 13.0 Å². The minimum Gasteiger partial charge on any atom is -0.488 e. The van der Waals surface area contributed by atoms with Gasteiger partial charge in [0.25, 0.3) is 5.69 Å². The van der Waals surface area contributed by atoms with Crippen LogP contribution in [-0.4, -0.2) is 17.0 Å². The number of ether oxygens (including phenoxy) is 1. The molecule has 1 amide bonds. The van der Waals surface area contributed by atoms with Gasteiger partial charge in [0, 0.05) is 21.7 Å². The fourth-order valence-corrected chi connectivity index (χ4v) is 2.95. The molecule has 0 aliphatic rings. The molecule has 0 aliphatic carbocycles. The highest BCUT2D eigenvalue weighted by Crippen LogP contribution is 2.19. The molecule has 7 nitrogen and oxygen atoms in total. The molecule has 0 atom stereocenters. The number of nitro groups is 1. The number of amides is 1. The third kappa shape index (κ3) is 5.99. The second-order valence-electron chi connectivity index (χ2n) is 6.31. The van der Waals surface area contributed by atoms with E-state index in [4.69, 9.17) is 4.74 Å². The minimum atomic E-state index is -0.509. The lowest BCUT2D eigenvalue weighted by Gasteiger charge is -2.09. The van der Waals surface area contributed by atoms with Crippen molar-refractivity contribution in [2.24, 2.45) is 5.10 Å². The number of carbonyl (C=O) groups is 1. The molecule has 8 heteroatoms. The fraction of sp³-hybridized carbons (Fsp3) is 0.0909. The van der Waals surface area contributed by atoms with Crippen molar-refractivity contribution in [3.63, 3.8) is 0 Å². The van der Waals surface area contributed by atoms with Gasteiger partial charge in [-0.05, 0) is 29.8 Å². The highest BCUT2D eigenvalue weighted by molar-refractivity contribution is 9.10. The number of hydrogen-bond acceptors (Lipinski definition) is 5. The Morgan fingerprint density at radius 2 is 1.77 bits per heavy atom. The third-order valence-electron chi connectivity index (χ3n) is 4.16. The highest BCUT2D eigenvalue weighted by Gasteiger charge is 2.15. The van der Waals surface area contributed by atoms with Crippen molar-refractivity contribution in [1.29, 1.82) is 0 Å². The van der Waals surface area contributed by atoms with Gasteiger partial charge in [0.2, 0.25) is 5.91 Å². The lowest BCUT2D eigenvalue weighted by Crippen LogP contribution is -2.20. The first-order chi connectivity index (χ1) is 14.5. The molecule has 3 aromatic carbocycles. The number of carbonyl (C=O) groups excluding carboxylic acids is 1. The number of nitrogens with zero attached hydrogens (tertiary/aromatic N) is 2. The molecule has 3 aromatic rings. The summed E-state index contributed by atoms with van der Waals surface area (Å²) in [5.41, 5.74) is 4.34. The summed E-state index contributed by atoms with van der Waals surface area (Å²) in [6.45, 7) is 0.391. The number of nitrogens with one attached hydrogen (secondary N) is 1. The number of nitro benzene ring substituents is 1. The first-order valence-corrected chi connectivity index (χ1v) is 9.82. The largest absolute Gasteiger partial charge is 0.488 e. The second kappa shape index (κ2) is 10.3. The molecule has 0 spiro atoms. The zero-order chi connectivity index (χ0) is 21.3. The first kappa shape index (κ1) is 21.2. The highest BCUT2D eigenvalue weighted by atomic mass is 79.9. The van der Waals surface area contributed by atoms with Crippen LogP contribution in [0.2, 0.25) is 0 Å². The summed E-state index contributed by atoms with van der Waals surface area (Å²) in [4.78, 5) is 22.7. The van der Waals surface area contributed by atoms with Gasteiger partial charge in [-0.1, -0.05) is 58.4 Å². The van der Waals surface area contributed by atoms with Crippen LogP contribution in [0.4, 0.5) is 5.69 Å². The summed E-state index contributed by atoms with van der Waals surface area (Å²) in [6.07, 6.45) is 1.34. The van der Waals surface area contributed by atoms with E-state index in [1.165, 1.54) is 12.3 Å². The van der Waals surface area contributed by atoms with Gasteiger partial charge in [-0.3, -0.25) is 14.9 Å². The fourth-order valence-electron chi connectivity index (χ4n) is 2.69. The minimum absolute atomic E-state index is 0.0942. The van der Waals surface area contributed by atoms with E-state index in [1.54, 1.807) is 18.2 Å². The van der Waals surface area contributed by atoms with Gasteiger partial charge in [-0.25, -0.2) is 5.43 Å². The molecule has 0 saturated carbocycles. The van der Waals surface area contributed by atoms with Crippen LogP contribution in [0.1, 0.15) is 16.7 Å². The van der Waals surface area contributed by atoms with Crippen molar-refractivity contribution >= 4 is 33.7 Å². The van der Waals surface area contributed by atoms with E-state index in [1.807, 2.05) is 48.5 Å². The number of halogens is 1. The lowest BCUT2D eigenvalue weighted by molar-refractivity contribution is -0.385. The van der Waals surface area contributed by atoms with Crippen LogP contribution >= 0.6 is 15.9 Å². The van der Waals surface area contributed by atoms with Gasteiger partial charge >= 0.3 is 0 Å². The van der Waals surface area contributed by atoms with E-state index < -0.39 is 10.8 Å². The Morgan fingerprint density at radius 3 is 2.53 bits per heavy atom. The van der Waals surface area contributed by atoms with Crippen molar-refractivity contribution in [3.05, 3.63) is 104 Å². The first-order valence-electron chi connectivity index (χ1n) is 9.03. The van der Waals surface area contributed by atoms with Crippen molar-refractivity contribution < 1.29 is 14.5 Å². The molecule has 3 rings (SSSR count). The number of hydrazone groups is 1. The average Bonchev–Trinajstić information content (AvgIpc) is 2.74. The lowest BCUT2D eigenvalue weighted by atomic mass is 10.1. The number of hydrogen-bond donors (Lipinski definition) is 1. The molecule has 30 heavy (non-hydrogen) atoms. The molecule has 1 N–H and O–H groups in total. The molecule has 0 aliphatic heterocycles. The van der Waals surface area contributed by atoms with Crippen LogP contribution in [0.25, 0.3) is 0 Å². The zero-order valence-corrected chi connectivity index (χ0v) is 17.4. The average molecular weight is 468 g/mol.